The zero-order valence-corrected chi connectivity index (χ0v) is 10.9. The van der Waals surface area contributed by atoms with Crippen LogP contribution in [0.4, 0.5) is 5.13 Å². The topological polar surface area (TPSA) is 42.0 Å². The molecule has 1 aliphatic rings. The molecule has 1 saturated carbocycles. The molecule has 1 fully saturated rings. The first kappa shape index (κ1) is 11.4. The maximum absolute atomic E-state index is 11.8. The number of thiazole rings is 1. The van der Waals surface area contributed by atoms with Gasteiger partial charge in [0.2, 0.25) is 5.91 Å². The van der Waals surface area contributed by atoms with E-state index in [0.29, 0.717) is 11.0 Å². The second-order valence-electron chi connectivity index (χ2n) is 4.71. The predicted molar refractivity (Wildman–Crippen MR) is 73.5 cm³/mol. The van der Waals surface area contributed by atoms with Crippen LogP contribution >= 0.6 is 11.3 Å². The average molecular weight is 258 g/mol. The molecule has 0 aliphatic heterocycles. The molecule has 3 rings (SSSR count). The first-order valence-electron chi connectivity index (χ1n) is 6.06. The number of hydrogen-bond donors (Lipinski definition) is 1. The number of carbonyl (C=O) groups is 1. The van der Waals surface area contributed by atoms with Gasteiger partial charge in [-0.05, 0) is 12.3 Å². The summed E-state index contributed by atoms with van der Waals surface area (Å²) < 4.78 is 0. The number of benzene rings is 1. The molecule has 0 spiro atoms. The molecule has 3 nitrogen and oxygen atoms in total. The lowest BCUT2D eigenvalue weighted by molar-refractivity contribution is -0.117. The highest BCUT2D eigenvalue weighted by molar-refractivity contribution is 7.14. The van der Waals surface area contributed by atoms with Gasteiger partial charge in [-0.1, -0.05) is 37.3 Å². The molecule has 2 atom stereocenters. The maximum atomic E-state index is 11.8. The second-order valence-corrected chi connectivity index (χ2v) is 5.57. The van der Waals surface area contributed by atoms with Gasteiger partial charge in [-0.15, -0.1) is 11.3 Å². The predicted octanol–water partition coefficient (Wildman–Crippen LogP) is 3.40. The van der Waals surface area contributed by atoms with E-state index in [9.17, 15) is 4.79 Å². The molecule has 1 aromatic carbocycles. The molecule has 1 aliphatic carbocycles. The Morgan fingerprint density at radius 1 is 1.39 bits per heavy atom. The summed E-state index contributed by atoms with van der Waals surface area (Å²) in [4.78, 5) is 16.2. The minimum atomic E-state index is 0.108. The van der Waals surface area contributed by atoms with Gasteiger partial charge < -0.3 is 5.32 Å². The third kappa shape index (κ3) is 2.29. The molecule has 0 bridgehead atoms. The van der Waals surface area contributed by atoms with Crippen LogP contribution in [-0.4, -0.2) is 10.9 Å². The van der Waals surface area contributed by atoms with Crippen LogP contribution in [0.15, 0.2) is 35.7 Å². The summed E-state index contributed by atoms with van der Waals surface area (Å²) in [6.07, 6.45) is 1.00. The van der Waals surface area contributed by atoms with Gasteiger partial charge in [-0.25, -0.2) is 4.98 Å². The van der Waals surface area contributed by atoms with Crippen molar-refractivity contribution in [3.05, 3.63) is 35.7 Å². The van der Waals surface area contributed by atoms with Crippen molar-refractivity contribution in [3.63, 3.8) is 0 Å². The minimum Gasteiger partial charge on any atom is -0.302 e. The number of amides is 1. The van der Waals surface area contributed by atoms with Gasteiger partial charge in [0.15, 0.2) is 5.13 Å². The molecule has 2 aromatic rings. The van der Waals surface area contributed by atoms with E-state index in [0.717, 1.165) is 17.7 Å². The molecular weight excluding hydrogens is 244 g/mol. The SMILES string of the molecule is C[C@H]1C[C@@H]1C(=O)Nc1nc(-c2ccccc2)cs1. The zero-order chi connectivity index (χ0) is 12.5. The molecule has 1 amide bonds. The van der Waals surface area contributed by atoms with E-state index in [1.54, 1.807) is 0 Å². The Hall–Kier alpha value is -1.68. The Balaban J connectivity index is 1.72. The lowest BCUT2D eigenvalue weighted by Gasteiger charge is -1.99. The van der Waals surface area contributed by atoms with Crippen LogP contribution in [0, 0.1) is 11.8 Å². The van der Waals surface area contributed by atoms with Gasteiger partial charge in [-0.3, -0.25) is 4.79 Å². The Morgan fingerprint density at radius 2 is 2.11 bits per heavy atom. The minimum absolute atomic E-state index is 0.108. The molecular formula is C14H14N2OS. The number of carbonyl (C=O) groups excluding carboxylic acids is 1. The highest BCUT2D eigenvalue weighted by Crippen LogP contribution is 2.38. The largest absolute Gasteiger partial charge is 0.302 e. The quantitative estimate of drug-likeness (QED) is 0.916. The van der Waals surface area contributed by atoms with E-state index in [1.807, 2.05) is 35.7 Å². The summed E-state index contributed by atoms with van der Waals surface area (Å²) in [6.45, 7) is 2.10. The fourth-order valence-electron chi connectivity index (χ4n) is 1.96. The molecule has 4 heteroatoms. The molecule has 0 saturated heterocycles. The summed E-state index contributed by atoms with van der Waals surface area (Å²) in [7, 11) is 0. The van der Waals surface area contributed by atoms with Gasteiger partial charge >= 0.3 is 0 Å². The Labute approximate surface area is 110 Å². The van der Waals surface area contributed by atoms with Crippen molar-refractivity contribution in [2.24, 2.45) is 11.8 Å². The number of hydrogen-bond acceptors (Lipinski definition) is 3. The van der Waals surface area contributed by atoms with Crippen molar-refractivity contribution in [1.82, 2.24) is 4.98 Å². The van der Waals surface area contributed by atoms with E-state index >= 15 is 0 Å². The Kier molecular flexibility index (Phi) is 2.88. The average Bonchev–Trinajstić information content (AvgIpc) is 2.95. The van der Waals surface area contributed by atoms with E-state index in [4.69, 9.17) is 0 Å². The van der Waals surface area contributed by atoms with Crippen LogP contribution in [0.3, 0.4) is 0 Å². The number of rotatable bonds is 3. The van der Waals surface area contributed by atoms with Gasteiger partial charge in [0.1, 0.15) is 0 Å². The van der Waals surface area contributed by atoms with Crippen LogP contribution in [0.1, 0.15) is 13.3 Å². The van der Waals surface area contributed by atoms with Crippen molar-refractivity contribution < 1.29 is 4.79 Å². The summed E-state index contributed by atoms with van der Waals surface area (Å²) >= 11 is 1.48. The van der Waals surface area contributed by atoms with Gasteiger partial charge in [0.25, 0.3) is 0 Å². The van der Waals surface area contributed by atoms with Crippen LogP contribution in [-0.2, 0) is 4.79 Å². The highest BCUT2D eigenvalue weighted by atomic mass is 32.1. The summed E-state index contributed by atoms with van der Waals surface area (Å²) in [5.74, 6) is 0.823. The summed E-state index contributed by atoms with van der Waals surface area (Å²) in [5.41, 5.74) is 1.99. The monoisotopic (exact) mass is 258 g/mol. The Morgan fingerprint density at radius 3 is 2.78 bits per heavy atom. The number of aromatic nitrogens is 1. The summed E-state index contributed by atoms with van der Waals surface area (Å²) in [5, 5.41) is 5.56. The lowest BCUT2D eigenvalue weighted by atomic mass is 10.2. The first-order chi connectivity index (χ1) is 8.74. The van der Waals surface area contributed by atoms with Crippen molar-refractivity contribution in [2.75, 3.05) is 5.32 Å². The van der Waals surface area contributed by atoms with Crippen molar-refractivity contribution in [2.45, 2.75) is 13.3 Å². The van der Waals surface area contributed by atoms with Crippen molar-refractivity contribution in [3.8, 4) is 11.3 Å². The van der Waals surface area contributed by atoms with E-state index in [1.165, 1.54) is 11.3 Å². The molecule has 1 aromatic heterocycles. The number of nitrogens with one attached hydrogen (secondary N) is 1. The molecule has 1 heterocycles. The van der Waals surface area contributed by atoms with E-state index < -0.39 is 0 Å². The first-order valence-corrected chi connectivity index (χ1v) is 6.94. The third-order valence-electron chi connectivity index (χ3n) is 3.25. The highest BCUT2D eigenvalue weighted by Gasteiger charge is 2.39. The maximum Gasteiger partial charge on any atom is 0.229 e. The van der Waals surface area contributed by atoms with Crippen LogP contribution < -0.4 is 5.32 Å². The molecule has 0 unspecified atom stereocenters. The van der Waals surface area contributed by atoms with E-state index in [2.05, 4.69) is 17.2 Å². The zero-order valence-electron chi connectivity index (χ0n) is 10.1. The van der Waals surface area contributed by atoms with Gasteiger partial charge in [-0.2, -0.15) is 0 Å². The standard InChI is InChI=1S/C14H14N2OS/c1-9-7-11(9)13(17)16-14-15-12(8-18-14)10-5-3-2-4-6-10/h2-6,8-9,11H,7H2,1H3,(H,15,16,17)/t9-,11-/m0/s1. The van der Waals surface area contributed by atoms with Crippen molar-refractivity contribution in [1.29, 1.82) is 0 Å². The van der Waals surface area contributed by atoms with Gasteiger partial charge in [0, 0.05) is 16.9 Å². The van der Waals surface area contributed by atoms with Crippen LogP contribution in [0.5, 0.6) is 0 Å². The lowest BCUT2D eigenvalue weighted by Crippen LogP contribution is -2.14. The molecule has 92 valence electrons. The number of anilines is 1. The summed E-state index contributed by atoms with van der Waals surface area (Å²) in [6, 6.07) is 9.98. The smallest absolute Gasteiger partial charge is 0.229 e. The number of nitrogens with zero attached hydrogens (tertiary/aromatic N) is 1. The normalized spacial score (nSPS) is 21.6. The molecule has 18 heavy (non-hydrogen) atoms. The fourth-order valence-corrected chi connectivity index (χ4v) is 2.68. The second kappa shape index (κ2) is 4.53. The van der Waals surface area contributed by atoms with Crippen LogP contribution in [0.2, 0.25) is 0 Å². The van der Waals surface area contributed by atoms with Gasteiger partial charge in [0.05, 0.1) is 5.69 Å². The molecule has 1 N–H and O–H groups in total. The van der Waals surface area contributed by atoms with Crippen LogP contribution in [0.25, 0.3) is 11.3 Å². The van der Waals surface area contributed by atoms with Crippen molar-refractivity contribution >= 4 is 22.4 Å². The van der Waals surface area contributed by atoms with E-state index in [-0.39, 0.29) is 11.8 Å². The molecule has 0 radical (unpaired) electrons. The Bertz CT molecular complexity index is 564. The third-order valence-corrected chi connectivity index (χ3v) is 4.01. The fraction of sp³-hybridized carbons (Fsp3) is 0.286.